The number of oxazole rings is 1. The zero-order valence-electron chi connectivity index (χ0n) is 15.2. The van der Waals surface area contributed by atoms with Crippen LogP contribution in [-0.2, 0) is 11.3 Å². The number of benzene rings is 1. The Morgan fingerprint density at radius 2 is 2.25 bits per heavy atom. The zero-order chi connectivity index (χ0) is 19.7. The van der Waals surface area contributed by atoms with Gasteiger partial charge in [-0.15, -0.1) is 11.3 Å². The number of hydrogen-bond acceptors (Lipinski definition) is 5. The highest BCUT2D eigenvalue weighted by Gasteiger charge is 2.32. The topological polar surface area (TPSA) is 58.4 Å². The summed E-state index contributed by atoms with van der Waals surface area (Å²) in [7, 11) is 0. The van der Waals surface area contributed by atoms with Gasteiger partial charge in [0.15, 0.2) is 0 Å². The van der Waals surface area contributed by atoms with Crippen LogP contribution >= 0.6 is 34.5 Å². The second kappa shape index (κ2) is 8.25. The molecule has 2 aromatic heterocycles. The maximum absolute atomic E-state index is 12.8. The van der Waals surface area contributed by atoms with Gasteiger partial charge in [-0.05, 0) is 56.0 Å². The lowest BCUT2D eigenvalue weighted by Gasteiger charge is -2.23. The van der Waals surface area contributed by atoms with Gasteiger partial charge >= 0.3 is 0 Å². The molecule has 1 amide bonds. The van der Waals surface area contributed by atoms with E-state index in [2.05, 4.69) is 15.2 Å². The van der Waals surface area contributed by atoms with E-state index in [1.165, 1.54) is 0 Å². The van der Waals surface area contributed by atoms with E-state index in [0.29, 0.717) is 28.2 Å². The Morgan fingerprint density at radius 1 is 1.39 bits per heavy atom. The number of carbonyl (C=O) groups is 1. The maximum Gasteiger partial charge on any atom is 0.241 e. The number of halogens is 2. The van der Waals surface area contributed by atoms with Crippen molar-refractivity contribution in [2.24, 2.45) is 0 Å². The van der Waals surface area contributed by atoms with E-state index in [9.17, 15) is 4.79 Å². The average Bonchev–Trinajstić information content (AvgIpc) is 3.39. The van der Waals surface area contributed by atoms with Crippen LogP contribution in [-0.4, -0.2) is 28.4 Å². The van der Waals surface area contributed by atoms with Crippen LogP contribution in [0.1, 0.15) is 24.3 Å². The molecule has 1 aromatic carbocycles. The third-order valence-corrected chi connectivity index (χ3v) is 6.24. The molecule has 28 heavy (non-hydrogen) atoms. The van der Waals surface area contributed by atoms with Crippen LogP contribution in [0.15, 0.2) is 40.1 Å². The molecule has 1 aliphatic heterocycles. The fourth-order valence-electron chi connectivity index (χ4n) is 3.39. The van der Waals surface area contributed by atoms with Gasteiger partial charge in [0.05, 0.1) is 27.3 Å². The lowest BCUT2D eigenvalue weighted by atomic mass is 10.2. The molecule has 0 saturated carbocycles. The van der Waals surface area contributed by atoms with Gasteiger partial charge in [0, 0.05) is 11.6 Å². The van der Waals surface area contributed by atoms with Crippen LogP contribution in [0.2, 0.25) is 10.0 Å². The van der Waals surface area contributed by atoms with Gasteiger partial charge in [0.25, 0.3) is 0 Å². The van der Waals surface area contributed by atoms with Crippen molar-refractivity contribution in [3.05, 3.63) is 57.2 Å². The van der Waals surface area contributed by atoms with E-state index in [0.717, 1.165) is 35.7 Å². The molecule has 1 saturated heterocycles. The van der Waals surface area contributed by atoms with Gasteiger partial charge in [0.2, 0.25) is 11.8 Å². The molecular weight excluding hydrogens is 417 g/mol. The summed E-state index contributed by atoms with van der Waals surface area (Å²) in [4.78, 5) is 20.6. The fraction of sp³-hybridized carbons (Fsp3) is 0.300. The molecule has 1 N–H and O–H groups in total. The van der Waals surface area contributed by atoms with E-state index in [1.807, 2.05) is 24.4 Å². The predicted octanol–water partition coefficient (Wildman–Crippen LogP) is 5.62. The van der Waals surface area contributed by atoms with Crippen molar-refractivity contribution in [2.75, 3.05) is 11.9 Å². The minimum Gasteiger partial charge on any atom is -0.440 e. The van der Waals surface area contributed by atoms with E-state index < -0.39 is 0 Å². The summed E-state index contributed by atoms with van der Waals surface area (Å²) < 4.78 is 5.83. The van der Waals surface area contributed by atoms with Gasteiger partial charge < -0.3 is 9.73 Å². The van der Waals surface area contributed by atoms with Crippen molar-refractivity contribution >= 4 is 46.1 Å². The quantitative estimate of drug-likeness (QED) is 0.564. The van der Waals surface area contributed by atoms with Gasteiger partial charge in [-0.2, -0.15) is 0 Å². The lowest BCUT2D eigenvalue weighted by molar-refractivity contribution is -0.120. The van der Waals surface area contributed by atoms with Gasteiger partial charge in [0.1, 0.15) is 5.76 Å². The molecule has 1 unspecified atom stereocenters. The molecule has 5 nitrogen and oxygen atoms in total. The smallest absolute Gasteiger partial charge is 0.241 e. The van der Waals surface area contributed by atoms with Gasteiger partial charge in [-0.3, -0.25) is 9.69 Å². The number of nitrogens with one attached hydrogen (secondary N) is 1. The summed E-state index contributed by atoms with van der Waals surface area (Å²) in [5.74, 6) is 1.35. The molecule has 146 valence electrons. The Kier molecular flexibility index (Phi) is 5.73. The van der Waals surface area contributed by atoms with Crippen LogP contribution in [0.3, 0.4) is 0 Å². The highest BCUT2D eigenvalue weighted by molar-refractivity contribution is 7.13. The van der Waals surface area contributed by atoms with Crippen LogP contribution in [0.4, 0.5) is 5.69 Å². The molecular formula is C20H19Cl2N3O2S. The first-order valence-corrected chi connectivity index (χ1v) is 10.6. The molecule has 1 aliphatic rings. The first-order chi connectivity index (χ1) is 13.5. The highest BCUT2D eigenvalue weighted by atomic mass is 35.5. The molecule has 0 aliphatic carbocycles. The fourth-order valence-corrected chi connectivity index (χ4v) is 4.50. The number of aryl methyl sites for hydroxylation is 1. The van der Waals surface area contributed by atoms with E-state index in [-0.39, 0.29) is 11.9 Å². The Labute approximate surface area is 177 Å². The molecule has 0 radical (unpaired) electrons. The number of carbonyl (C=O) groups excluding carboxylic acids is 1. The van der Waals surface area contributed by atoms with Crippen molar-refractivity contribution < 1.29 is 9.21 Å². The molecule has 1 fully saturated rings. The largest absolute Gasteiger partial charge is 0.440 e. The number of rotatable bonds is 5. The average molecular weight is 436 g/mol. The molecule has 0 bridgehead atoms. The van der Waals surface area contributed by atoms with Crippen molar-refractivity contribution in [2.45, 2.75) is 32.4 Å². The number of anilines is 1. The summed E-state index contributed by atoms with van der Waals surface area (Å²) in [6.45, 7) is 3.33. The minimum absolute atomic E-state index is 0.0682. The van der Waals surface area contributed by atoms with Crippen LogP contribution in [0.5, 0.6) is 0 Å². The SMILES string of the molecule is Cc1oc(-c2cccs2)nc1CN1CCCC1C(=O)Nc1ccc(Cl)cc1Cl. The highest BCUT2D eigenvalue weighted by Crippen LogP contribution is 2.29. The number of hydrogen-bond donors (Lipinski definition) is 1. The number of nitrogens with zero attached hydrogens (tertiary/aromatic N) is 2. The van der Waals surface area contributed by atoms with E-state index >= 15 is 0 Å². The molecule has 8 heteroatoms. The maximum atomic E-state index is 12.8. The third-order valence-electron chi connectivity index (χ3n) is 4.83. The molecule has 0 spiro atoms. The van der Waals surface area contributed by atoms with Crippen LogP contribution < -0.4 is 5.32 Å². The third kappa shape index (κ3) is 4.10. The summed E-state index contributed by atoms with van der Waals surface area (Å²) in [6.07, 6.45) is 1.76. The monoisotopic (exact) mass is 435 g/mol. The Hall–Kier alpha value is -1.86. The molecule has 1 atom stereocenters. The first-order valence-electron chi connectivity index (χ1n) is 9.01. The van der Waals surface area contributed by atoms with E-state index in [4.69, 9.17) is 27.6 Å². The predicted molar refractivity (Wildman–Crippen MR) is 113 cm³/mol. The molecule has 4 rings (SSSR count). The summed E-state index contributed by atoms with van der Waals surface area (Å²) >= 11 is 13.7. The second-order valence-corrected chi connectivity index (χ2v) is 8.53. The zero-order valence-corrected chi connectivity index (χ0v) is 17.6. The number of amides is 1. The minimum atomic E-state index is -0.229. The normalized spacial score (nSPS) is 17.2. The summed E-state index contributed by atoms with van der Waals surface area (Å²) in [5.41, 5.74) is 1.44. The van der Waals surface area contributed by atoms with Crippen molar-refractivity contribution in [1.82, 2.24) is 9.88 Å². The number of aromatic nitrogens is 1. The Balaban J connectivity index is 1.47. The van der Waals surface area contributed by atoms with Crippen molar-refractivity contribution in [3.8, 4) is 10.8 Å². The van der Waals surface area contributed by atoms with E-state index in [1.54, 1.807) is 29.5 Å². The number of likely N-dealkylation sites (tertiary alicyclic amines) is 1. The van der Waals surface area contributed by atoms with Crippen LogP contribution in [0, 0.1) is 6.92 Å². The summed E-state index contributed by atoms with van der Waals surface area (Å²) in [5, 5.41) is 5.89. The van der Waals surface area contributed by atoms with Crippen LogP contribution in [0.25, 0.3) is 10.8 Å². The first kappa shape index (κ1) is 19.5. The molecule has 3 aromatic rings. The standard InChI is InChI=1S/C20H19Cl2N3O2S/c1-12-16(24-20(27-12)18-5-3-9-28-18)11-25-8-2-4-17(25)19(26)23-15-7-6-13(21)10-14(15)22/h3,5-7,9-10,17H,2,4,8,11H2,1H3,(H,23,26). The second-order valence-electron chi connectivity index (χ2n) is 6.74. The summed E-state index contributed by atoms with van der Waals surface area (Å²) in [6, 6.07) is 8.78. The van der Waals surface area contributed by atoms with Gasteiger partial charge in [-0.25, -0.2) is 4.98 Å². The molecule has 3 heterocycles. The Bertz CT molecular complexity index is 988. The lowest BCUT2D eigenvalue weighted by Crippen LogP contribution is -2.39. The van der Waals surface area contributed by atoms with Crippen molar-refractivity contribution in [3.63, 3.8) is 0 Å². The Morgan fingerprint density at radius 3 is 3.00 bits per heavy atom. The number of thiophene rings is 1. The van der Waals surface area contributed by atoms with Gasteiger partial charge in [-0.1, -0.05) is 29.3 Å². The van der Waals surface area contributed by atoms with Crippen molar-refractivity contribution in [1.29, 1.82) is 0 Å².